The van der Waals surface area contributed by atoms with Crippen LogP contribution in [-0.4, -0.2) is 17.6 Å². The Morgan fingerprint density at radius 1 is 1.53 bits per heavy atom. The number of rotatable bonds is 4. The van der Waals surface area contributed by atoms with Gasteiger partial charge < -0.3 is 10.4 Å². The summed E-state index contributed by atoms with van der Waals surface area (Å²) in [6.45, 7) is 1.97. The Balaban J connectivity index is 1.94. The minimum Gasteiger partial charge on any atom is -0.395 e. The number of aliphatic hydroxyl groups is 1. The first-order valence-electron chi connectivity index (χ1n) is 5.72. The van der Waals surface area contributed by atoms with Crippen LogP contribution < -0.4 is 5.32 Å². The Morgan fingerprint density at radius 2 is 2.24 bits per heavy atom. The standard InChI is InChI=1S/C13H16FNO2/c1-9-6-10(2-3-11(9)14)7-15-12(17)13(8-16)4-5-13/h2-3,6,16H,4-5,7-8H2,1H3,(H,15,17). The fourth-order valence-corrected chi connectivity index (χ4v) is 1.79. The number of carbonyl (C=O) groups is 1. The van der Waals surface area contributed by atoms with Gasteiger partial charge >= 0.3 is 0 Å². The predicted molar refractivity (Wildman–Crippen MR) is 61.7 cm³/mol. The van der Waals surface area contributed by atoms with Crippen LogP contribution in [0, 0.1) is 18.2 Å². The molecule has 2 N–H and O–H groups in total. The second kappa shape index (κ2) is 4.45. The monoisotopic (exact) mass is 237 g/mol. The summed E-state index contributed by atoms with van der Waals surface area (Å²) >= 11 is 0. The summed E-state index contributed by atoms with van der Waals surface area (Å²) < 4.78 is 13.0. The fraction of sp³-hybridized carbons (Fsp3) is 0.462. The van der Waals surface area contributed by atoms with Crippen LogP contribution in [0.5, 0.6) is 0 Å². The summed E-state index contributed by atoms with van der Waals surface area (Å²) in [6, 6.07) is 4.77. The van der Waals surface area contributed by atoms with E-state index < -0.39 is 5.41 Å². The highest BCUT2D eigenvalue weighted by molar-refractivity contribution is 5.85. The van der Waals surface area contributed by atoms with E-state index in [1.807, 2.05) is 0 Å². The van der Waals surface area contributed by atoms with E-state index in [0.29, 0.717) is 12.1 Å². The Hall–Kier alpha value is -1.42. The number of amides is 1. The van der Waals surface area contributed by atoms with E-state index in [1.165, 1.54) is 6.07 Å². The van der Waals surface area contributed by atoms with E-state index in [9.17, 15) is 9.18 Å². The molecule has 1 aliphatic rings. The normalized spacial score (nSPS) is 16.6. The summed E-state index contributed by atoms with van der Waals surface area (Å²) in [5, 5.41) is 11.9. The van der Waals surface area contributed by atoms with Crippen molar-refractivity contribution in [3.05, 3.63) is 35.1 Å². The van der Waals surface area contributed by atoms with Gasteiger partial charge in [-0.3, -0.25) is 4.79 Å². The molecule has 1 aromatic carbocycles. The number of aryl methyl sites for hydroxylation is 1. The van der Waals surface area contributed by atoms with Crippen molar-refractivity contribution in [2.45, 2.75) is 26.3 Å². The average Bonchev–Trinajstić information content (AvgIpc) is 3.11. The van der Waals surface area contributed by atoms with Gasteiger partial charge in [0.2, 0.25) is 5.91 Å². The lowest BCUT2D eigenvalue weighted by Crippen LogP contribution is -2.33. The van der Waals surface area contributed by atoms with E-state index in [1.54, 1.807) is 19.1 Å². The van der Waals surface area contributed by atoms with Crippen molar-refractivity contribution in [2.75, 3.05) is 6.61 Å². The number of carbonyl (C=O) groups excluding carboxylic acids is 1. The van der Waals surface area contributed by atoms with E-state index in [0.717, 1.165) is 18.4 Å². The Kier molecular flexibility index (Phi) is 3.15. The first-order chi connectivity index (χ1) is 8.07. The molecule has 1 amide bonds. The maximum absolute atomic E-state index is 13.0. The summed E-state index contributed by atoms with van der Waals surface area (Å²) in [6.07, 6.45) is 1.50. The van der Waals surface area contributed by atoms with Crippen LogP contribution in [0.1, 0.15) is 24.0 Å². The molecule has 0 spiro atoms. The number of halogens is 1. The van der Waals surface area contributed by atoms with Crippen molar-refractivity contribution in [1.82, 2.24) is 5.32 Å². The van der Waals surface area contributed by atoms with Crippen LogP contribution in [0.2, 0.25) is 0 Å². The van der Waals surface area contributed by atoms with Gasteiger partial charge in [-0.2, -0.15) is 0 Å². The molecule has 0 aliphatic heterocycles. The molecule has 1 fully saturated rings. The number of aliphatic hydroxyl groups excluding tert-OH is 1. The third-order valence-corrected chi connectivity index (χ3v) is 3.31. The van der Waals surface area contributed by atoms with Crippen LogP contribution in [0.3, 0.4) is 0 Å². The topological polar surface area (TPSA) is 49.3 Å². The molecule has 3 nitrogen and oxygen atoms in total. The third kappa shape index (κ3) is 2.47. The van der Waals surface area contributed by atoms with Gasteiger partial charge in [0.15, 0.2) is 0 Å². The number of hydrogen-bond acceptors (Lipinski definition) is 2. The van der Waals surface area contributed by atoms with E-state index >= 15 is 0 Å². The molecule has 17 heavy (non-hydrogen) atoms. The van der Waals surface area contributed by atoms with Gasteiger partial charge in [-0.05, 0) is 37.0 Å². The van der Waals surface area contributed by atoms with Crippen LogP contribution in [-0.2, 0) is 11.3 Å². The zero-order valence-electron chi connectivity index (χ0n) is 9.79. The Morgan fingerprint density at radius 3 is 2.76 bits per heavy atom. The van der Waals surface area contributed by atoms with Gasteiger partial charge in [0.25, 0.3) is 0 Å². The maximum Gasteiger partial charge on any atom is 0.228 e. The van der Waals surface area contributed by atoms with Crippen molar-refractivity contribution in [3.63, 3.8) is 0 Å². The summed E-state index contributed by atoms with van der Waals surface area (Å²) in [5.74, 6) is -0.351. The van der Waals surface area contributed by atoms with Gasteiger partial charge in [0, 0.05) is 6.54 Å². The van der Waals surface area contributed by atoms with Crippen molar-refractivity contribution < 1.29 is 14.3 Å². The number of benzene rings is 1. The predicted octanol–water partition coefficient (Wildman–Crippen LogP) is 1.52. The van der Waals surface area contributed by atoms with Crippen molar-refractivity contribution in [3.8, 4) is 0 Å². The molecule has 92 valence electrons. The zero-order chi connectivity index (χ0) is 12.5. The summed E-state index contributed by atoms with van der Waals surface area (Å²) in [4.78, 5) is 11.7. The molecule has 1 aliphatic carbocycles. The molecule has 0 saturated heterocycles. The van der Waals surface area contributed by atoms with E-state index in [2.05, 4.69) is 5.32 Å². The zero-order valence-corrected chi connectivity index (χ0v) is 9.79. The second-order valence-corrected chi connectivity index (χ2v) is 4.70. The molecule has 0 bridgehead atoms. The smallest absolute Gasteiger partial charge is 0.228 e. The Labute approximate surface area is 99.7 Å². The van der Waals surface area contributed by atoms with Crippen LogP contribution in [0.4, 0.5) is 4.39 Å². The van der Waals surface area contributed by atoms with Crippen molar-refractivity contribution in [2.24, 2.45) is 5.41 Å². The molecular formula is C13H16FNO2. The molecule has 0 heterocycles. The molecule has 0 radical (unpaired) electrons. The van der Waals surface area contributed by atoms with Crippen molar-refractivity contribution >= 4 is 5.91 Å². The van der Waals surface area contributed by atoms with E-state index in [-0.39, 0.29) is 18.3 Å². The highest BCUT2D eigenvalue weighted by atomic mass is 19.1. The van der Waals surface area contributed by atoms with Gasteiger partial charge in [-0.25, -0.2) is 4.39 Å². The minimum atomic E-state index is -0.547. The van der Waals surface area contributed by atoms with Gasteiger partial charge in [0.1, 0.15) is 5.82 Å². The first kappa shape index (κ1) is 12.0. The lowest BCUT2D eigenvalue weighted by atomic mass is 10.1. The van der Waals surface area contributed by atoms with Crippen molar-refractivity contribution in [1.29, 1.82) is 0 Å². The third-order valence-electron chi connectivity index (χ3n) is 3.31. The lowest BCUT2D eigenvalue weighted by molar-refractivity contribution is -0.127. The highest BCUT2D eigenvalue weighted by Gasteiger charge is 2.49. The first-order valence-corrected chi connectivity index (χ1v) is 5.72. The molecule has 1 aromatic rings. The largest absolute Gasteiger partial charge is 0.395 e. The molecule has 1 saturated carbocycles. The Bertz CT molecular complexity index is 441. The fourth-order valence-electron chi connectivity index (χ4n) is 1.79. The quantitative estimate of drug-likeness (QED) is 0.834. The molecule has 4 heteroatoms. The maximum atomic E-state index is 13.0. The molecule has 0 aromatic heterocycles. The average molecular weight is 237 g/mol. The molecule has 0 unspecified atom stereocenters. The number of nitrogens with one attached hydrogen (secondary N) is 1. The van der Waals surface area contributed by atoms with Crippen LogP contribution >= 0.6 is 0 Å². The van der Waals surface area contributed by atoms with Crippen LogP contribution in [0.15, 0.2) is 18.2 Å². The highest BCUT2D eigenvalue weighted by Crippen LogP contribution is 2.45. The summed E-state index contributed by atoms with van der Waals surface area (Å²) in [5.41, 5.74) is 0.890. The summed E-state index contributed by atoms with van der Waals surface area (Å²) in [7, 11) is 0. The lowest BCUT2D eigenvalue weighted by Gasteiger charge is -2.12. The van der Waals surface area contributed by atoms with E-state index in [4.69, 9.17) is 5.11 Å². The SMILES string of the molecule is Cc1cc(CNC(=O)C2(CO)CC2)ccc1F. The van der Waals surface area contributed by atoms with Gasteiger partial charge in [-0.1, -0.05) is 12.1 Å². The van der Waals surface area contributed by atoms with Gasteiger partial charge in [0.05, 0.1) is 12.0 Å². The second-order valence-electron chi connectivity index (χ2n) is 4.70. The minimum absolute atomic E-state index is 0.0960. The molecular weight excluding hydrogens is 221 g/mol. The molecule has 2 rings (SSSR count). The molecule has 0 atom stereocenters. The number of hydrogen-bond donors (Lipinski definition) is 2. The van der Waals surface area contributed by atoms with Crippen LogP contribution in [0.25, 0.3) is 0 Å². The van der Waals surface area contributed by atoms with Gasteiger partial charge in [-0.15, -0.1) is 0 Å².